The molecule has 1 saturated heterocycles. The molecule has 2 aliphatic heterocycles. The van der Waals surface area contributed by atoms with Crippen LogP contribution in [0, 0.1) is 0 Å². The van der Waals surface area contributed by atoms with Crippen molar-refractivity contribution in [1.29, 1.82) is 0 Å². The van der Waals surface area contributed by atoms with E-state index in [2.05, 4.69) is 65.3 Å². The summed E-state index contributed by atoms with van der Waals surface area (Å²) < 4.78 is 0. The van der Waals surface area contributed by atoms with Crippen LogP contribution in [0.25, 0.3) is 10.8 Å². The fourth-order valence-electron chi connectivity index (χ4n) is 4.20. The van der Waals surface area contributed by atoms with Crippen molar-refractivity contribution in [1.82, 2.24) is 9.88 Å². The number of rotatable bonds is 4. The fourth-order valence-corrected chi connectivity index (χ4v) is 5.38. The smallest absolute Gasteiger partial charge is 0.165 e. The Bertz CT molecular complexity index is 1040. The lowest BCUT2D eigenvalue weighted by Gasteiger charge is -2.32. The fraction of sp³-hybridized carbons (Fsp3) is 0.333. The highest BCUT2D eigenvalue weighted by Crippen LogP contribution is 2.36. The van der Waals surface area contributed by atoms with Crippen LogP contribution < -0.4 is 0 Å². The van der Waals surface area contributed by atoms with Crippen LogP contribution in [-0.2, 0) is 19.4 Å². The first-order chi connectivity index (χ1) is 13.8. The molecule has 142 valence electrons. The number of nitrogens with zero attached hydrogens (tertiary/aromatic N) is 3. The Morgan fingerprint density at radius 3 is 2.93 bits per heavy atom. The van der Waals surface area contributed by atoms with Gasteiger partial charge >= 0.3 is 0 Å². The molecule has 0 spiro atoms. The van der Waals surface area contributed by atoms with E-state index >= 15 is 0 Å². The molecular formula is C24H25N3S. The quantitative estimate of drug-likeness (QED) is 0.571. The van der Waals surface area contributed by atoms with Crippen LogP contribution in [0.5, 0.6) is 0 Å². The van der Waals surface area contributed by atoms with Gasteiger partial charge in [-0.15, -0.1) is 0 Å². The number of aromatic nitrogens is 1. The molecule has 0 radical (unpaired) electrons. The first-order valence-electron chi connectivity index (χ1n) is 10.2. The van der Waals surface area contributed by atoms with Gasteiger partial charge in [0.2, 0.25) is 0 Å². The molecule has 2 aromatic carbocycles. The zero-order valence-corrected chi connectivity index (χ0v) is 17.1. The average molecular weight is 388 g/mol. The van der Waals surface area contributed by atoms with Crippen LogP contribution in [0.3, 0.4) is 0 Å². The zero-order valence-electron chi connectivity index (χ0n) is 16.3. The van der Waals surface area contributed by atoms with Crippen LogP contribution in [0.15, 0.2) is 59.7 Å². The van der Waals surface area contributed by atoms with E-state index in [0.717, 1.165) is 30.8 Å². The summed E-state index contributed by atoms with van der Waals surface area (Å²) in [6.45, 7) is 3.20. The molecule has 1 aromatic heterocycles. The first kappa shape index (κ1) is 17.7. The lowest BCUT2D eigenvalue weighted by molar-refractivity contribution is 0.320. The van der Waals surface area contributed by atoms with Gasteiger partial charge in [-0.2, -0.15) is 0 Å². The second-order valence-electron chi connectivity index (χ2n) is 7.74. The molecular weight excluding hydrogens is 362 g/mol. The normalized spacial score (nSPS) is 19.8. The summed E-state index contributed by atoms with van der Waals surface area (Å²) in [5, 5.41) is 3.56. The number of aliphatic imine (C=N–C) groups is 1. The van der Waals surface area contributed by atoms with E-state index in [4.69, 9.17) is 4.99 Å². The molecule has 0 saturated carbocycles. The van der Waals surface area contributed by atoms with Crippen molar-refractivity contribution >= 4 is 33.4 Å². The summed E-state index contributed by atoms with van der Waals surface area (Å²) in [5.74, 6) is 1.13. The van der Waals surface area contributed by atoms with E-state index < -0.39 is 0 Å². The van der Waals surface area contributed by atoms with Crippen LogP contribution in [0.1, 0.15) is 36.6 Å². The van der Waals surface area contributed by atoms with Gasteiger partial charge in [0.1, 0.15) is 0 Å². The third kappa shape index (κ3) is 3.30. The van der Waals surface area contributed by atoms with E-state index in [0.29, 0.717) is 6.04 Å². The molecule has 0 N–H and O–H groups in total. The van der Waals surface area contributed by atoms with Gasteiger partial charge in [-0.25, -0.2) is 4.99 Å². The number of unbranched alkanes of at least 4 members (excludes halogenated alkanes) is 1. The summed E-state index contributed by atoms with van der Waals surface area (Å²) in [4.78, 5) is 12.3. The van der Waals surface area contributed by atoms with E-state index in [1.165, 1.54) is 45.6 Å². The lowest BCUT2D eigenvalue weighted by atomic mass is 9.95. The Balaban J connectivity index is 1.50. The van der Waals surface area contributed by atoms with Crippen molar-refractivity contribution in [3.8, 4) is 0 Å². The highest BCUT2D eigenvalue weighted by Gasteiger charge is 2.34. The maximum atomic E-state index is 5.14. The molecule has 28 heavy (non-hydrogen) atoms. The number of hydrogen-bond acceptors (Lipinski definition) is 3. The third-order valence-electron chi connectivity index (χ3n) is 5.81. The standard InChI is InChI=1S/C24H25N3S/c1-2-3-10-20-13-22-18(14-25-20)9-6-11-23(22)26-24-27-15-19-8-5-4-7-17(19)12-21(27)16-28-24/h4-9,11,13-14,21H,2-3,10,12,15-16H2,1H3. The van der Waals surface area contributed by atoms with Crippen LogP contribution >= 0.6 is 11.8 Å². The highest BCUT2D eigenvalue weighted by molar-refractivity contribution is 8.14. The molecule has 1 unspecified atom stereocenters. The van der Waals surface area contributed by atoms with E-state index in [1.807, 2.05) is 18.0 Å². The Labute approximate surface area is 170 Å². The number of thioether (sulfide) groups is 1. The van der Waals surface area contributed by atoms with Crippen molar-refractivity contribution in [2.24, 2.45) is 4.99 Å². The van der Waals surface area contributed by atoms with Crippen molar-refractivity contribution in [2.45, 2.75) is 45.2 Å². The van der Waals surface area contributed by atoms with Crippen LogP contribution in [-0.4, -0.2) is 26.8 Å². The van der Waals surface area contributed by atoms with E-state index in [1.54, 1.807) is 0 Å². The van der Waals surface area contributed by atoms with Crippen LogP contribution in [0.4, 0.5) is 5.69 Å². The molecule has 0 bridgehead atoms. The van der Waals surface area contributed by atoms with Gasteiger partial charge in [0.15, 0.2) is 5.17 Å². The van der Waals surface area contributed by atoms with Gasteiger partial charge in [-0.05, 0) is 42.5 Å². The second-order valence-corrected chi connectivity index (χ2v) is 8.72. The molecule has 5 rings (SSSR count). The minimum atomic E-state index is 0.565. The van der Waals surface area contributed by atoms with Crippen molar-refractivity contribution < 1.29 is 0 Å². The van der Waals surface area contributed by atoms with Gasteiger partial charge in [0.25, 0.3) is 0 Å². The number of benzene rings is 2. The average Bonchev–Trinajstić information content (AvgIpc) is 3.12. The van der Waals surface area contributed by atoms with Crippen molar-refractivity contribution in [2.75, 3.05) is 5.75 Å². The van der Waals surface area contributed by atoms with Gasteiger partial charge in [-0.1, -0.05) is 61.5 Å². The minimum Gasteiger partial charge on any atom is -0.343 e. The zero-order chi connectivity index (χ0) is 18.9. The molecule has 3 aromatic rings. The van der Waals surface area contributed by atoms with Crippen molar-refractivity contribution in [3.05, 3.63) is 71.5 Å². The number of pyridine rings is 1. The van der Waals surface area contributed by atoms with E-state index in [-0.39, 0.29) is 0 Å². The van der Waals surface area contributed by atoms with Gasteiger partial charge < -0.3 is 4.90 Å². The maximum absolute atomic E-state index is 5.14. The topological polar surface area (TPSA) is 28.5 Å². The lowest BCUT2D eigenvalue weighted by Crippen LogP contribution is -2.38. The summed E-state index contributed by atoms with van der Waals surface area (Å²) in [5.41, 5.74) is 5.19. The SMILES string of the molecule is CCCCc1cc2c(N=C3SCC4Cc5ccccc5CN34)cccc2cn1. The van der Waals surface area contributed by atoms with Crippen molar-refractivity contribution in [3.63, 3.8) is 0 Å². The molecule has 1 fully saturated rings. The number of amidine groups is 1. The maximum Gasteiger partial charge on any atom is 0.165 e. The Morgan fingerprint density at radius 1 is 1.14 bits per heavy atom. The number of aryl methyl sites for hydroxylation is 1. The molecule has 4 heteroatoms. The van der Waals surface area contributed by atoms with Crippen LogP contribution in [0.2, 0.25) is 0 Å². The summed E-state index contributed by atoms with van der Waals surface area (Å²) in [6.07, 6.45) is 6.55. The summed E-state index contributed by atoms with van der Waals surface area (Å²) in [6, 6.07) is 18.0. The Kier molecular flexibility index (Phi) is 4.81. The van der Waals surface area contributed by atoms with E-state index in [9.17, 15) is 0 Å². The molecule has 3 heterocycles. The summed E-state index contributed by atoms with van der Waals surface area (Å²) >= 11 is 1.90. The second kappa shape index (κ2) is 7.59. The minimum absolute atomic E-state index is 0.565. The van der Waals surface area contributed by atoms with Gasteiger partial charge in [0, 0.05) is 41.0 Å². The number of fused-ring (bicyclic) bond motifs is 3. The third-order valence-corrected chi connectivity index (χ3v) is 6.94. The molecule has 1 atom stereocenters. The Hall–Kier alpha value is -2.33. The molecule has 0 aliphatic carbocycles. The predicted octanol–water partition coefficient (Wildman–Crippen LogP) is 5.74. The Morgan fingerprint density at radius 2 is 2.04 bits per heavy atom. The highest BCUT2D eigenvalue weighted by atomic mass is 32.2. The molecule has 2 aliphatic rings. The monoisotopic (exact) mass is 387 g/mol. The first-order valence-corrected chi connectivity index (χ1v) is 11.2. The predicted molar refractivity (Wildman–Crippen MR) is 119 cm³/mol. The van der Waals surface area contributed by atoms with Gasteiger partial charge in [0.05, 0.1) is 5.69 Å². The number of hydrogen-bond donors (Lipinski definition) is 0. The molecule has 0 amide bonds. The largest absolute Gasteiger partial charge is 0.343 e. The van der Waals surface area contributed by atoms with Gasteiger partial charge in [-0.3, -0.25) is 4.98 Å². The summed E-state index contributed by atoms with van der Waals surface area (Å²) in [7, 11) is 0. The molecule has 3 nitrogen and oxygen atoms in total.